The highest BCUT2D eigenvalue weighted by molar-refractivity contribution is 5.96. The lowest BCUT2D eigenvalue weighted by molar-refractivity contribution is -0.130. The van der Waals surface area contributed by atoms with Crippen molar-refractivity contribution in [2.24, 2.45) is 5.92 Å². The van der Waals surface area contributed by atoms with E-state index in [0.717, 1.165) is 30.5 Å². The first-order valence-corrected chi connectivity index (χ1v) is 9.89. The zero-order chi connectivity index (χ0) is 20.9. The lowest BCUT2D eigenvalue weighted by Gasteiger charge is -2.56. The maximum Gasteiger partial charge on any atom is 0.338 e. The zero-order valence-electron chi connectivity index (χ0n) is 17.4. The molecule has 3 aliphatic rings. The van der Waals surface area contributed by atoms with Gasteiger partial charge in [0, 0.05) is 34.9 Å². The highest BCUT2D eigenvalue weighted by atomic mass is 16.6. The van der Waals surface area contributed by atoms with Crippen molar-refractivity contribution in [2.75, 3.05) is 27.8 Å². The molecule has 1 saturated heterocycles. The second kappa shape index (κ2) is 7.02. The average Bonchev–Trinajstić information content (AvgIpc) is 2.69. The Morgan fingerprint density at radius 1 is 1.28 bits per heavy atom. The Hall–Kier alpha value is -2.60. The molecule has 0 amide bonds. The van der Waals surface area contributed by atoms with Crippen molar-refractivity contribution in [3.8, 4) is 11.5 Å². The Kier molecular flexibility index (Phi) is 4.77. The van der Waals surface area contributed by atoms with E-state index in [9.17, 15) is 9.59 Å². The summed E-state index contributed by atoms with van der Waals surface area (Å²) >= 11 is 0. The summed E-state index contributed by atoms with van der Waals surface area (Å²) in [5, 5.41) is 0. The third-order valence-electron chi connectivity index (χ3n) is 6.73. The number of methoxy groups -OCH3 is 2. The smallest absolute Gasteiger partial charge is 0.338 e. The van der Waals surface area contributed by atoms with Crippen molar-refractivity contribution in [3.63, 3.8) is 0 Å². The molecule has 1 aromatic rings. The molecule has 1 aromatic carbocycles. The molecule has 0 aromatic heterocycles. The molecule has 0 radical (unpaired) electrons. The number of carbonyl (C=O) groups excluding carboxylic acids is 2. The number of allylic oxidation sites excluding steroid dienone is 1. The number of nitrogens with zero attached hydrogens (tertiary/aromatic N) is 1. The van der Waals surface area contributed by atoms with Crippen LogP contribution in [-0.4, -0.2) is 50.5 Å². The van der Waals surface area contributed by atoms with E-state index >= 15 is 0 Å². The maximum atomic E-state index is 12.9. The first-order chi connectivity index (χ1) is 13.8. The quantitative estimate of drug-likeness (QED) is 0.442. The molecule has 154 valence electrons. The predicted molar refractivity (Wildman–Crippen MR) is 108 cm³/mol. The van der Waals surface area contributed by atoms with E-state index in [4.69, 9.17) is 14.2 Å². The number of ketones is 1. The highest BCUT2D eigenvalue weighted by Crippen LogP contribution is 2.58. The number of carbonyl (C=O) groups is 2. The van der Waals surface area contributed by atoms with Crippen molar-refractivity contribution in [3.05, 3.63) is 47.2 Å². The van der Waals surface area contributed by atoms with Crippen LogP contribution in [-0.2, 0) is 26.2 Å². The van der Waals surface area contributed by atoms with Crippen molar-refractivity contribution in [1.82, 2.24) is 4.90 Å². The van der Waals surface area contributed by atoms with Gasteiger partial charge in [0.15, 0.2) is 23.0 Å². The third-order valence-corrected chi connectivity index (χ3v) is 6.73. The molecule has 3 atom stereocenters. The number of Topliss-reactive ketones (excluding diaryl/α,β-unsaturated/α-hetero) is 1. The summed E-state index contributed by atoms with van der Waals surface area (Å²) in [6, 6.07) is 4.14. The van der Waals surface area contributed by atoms with Gasteiger partial charge in [0.2, 0.25) is 0 Å². The number of fused-ring (bicyclic) bond motifs is 1. The SMILES string of the molecule is C=C(C)C(=O)Oc1c(OC)ccc2c1[C@@]13CCN(C)[C@@H](C2)[C@H]1C=C(OC)C(=O)C3. The summed E-state index contributed by atoms with van der Waals surface area (Å²) in [6.07, 6.45) is 3.92. The topological polar surface area (TPSA) is 65.1 Å². The Morgan fingerprint density at radius 2 is 2.03 bits per heavy atom. The van der Waals surface area contributed by atoms with Crippen LogP contribution in [0.3, 0.4) is 0 Å². The Balaban J connectivity index is 1.96. The van der Waals surface area contributed by atoms with Crippen LogP contribution in [0.2, 0.25) is 0 Å². The van der Waals surface area contributed by atoms with Crippen molar-refractivity contribution < 1.29 is 23.8 Å². The summed E-state index contributed by atoms with van der Waals surface area (Å²) in [5.74, 6) is 0.939. The first-order valence-electron chi connectivity index (χ1n) is 9.89. The number of rotatable bonds is 4. The van der Waals surface area contributed by atoms with Gasteiger partial charge >= 0.3 is 5.97 Å². The number of likely N-dealkylation sites (tertiary alicyclic amines) is 1. The van der Waals surface area contributed by atoms with Crippen LogP contribution in [0.15, 0.2) is 36.1 Å². The Labute approximate surface area is 171 Å². The lowest BCUT2D eigenvalue weighted by Crippen LogP contribution is -2.60. The molecular weight excluding hydrogens is 370 g/mol. The second-order valence-electron chi connectivity index (χ2n) is 8.32. The minimum absolute atomic E-state index is 0.0140. The Bertz CT molecular complexity index is 933. The molecule has 2 aliphatic carbocycles. The molecule has 0 saturated carbocycles. The standard InChI is InChI=1S/C23H27NO5/c1-13(2)22(26)29-21-18(27-4)7-6-14-10-16-15-11-19(28-5)17(25)12-23(15,20(14)21)8-9-24(16)3/h6-7,11,15-16H,1,8-10,12H2,2-5H3/t15-,16+,23-/m1/s1. The summed E-state index contributed by atoms with van der Waals surface area (Å²) < 4.78 is 16.7. The molecule has 1 heterocycles. The third kappa shape index (κ3) is 2.89. The van der Waals surface area contributed by atoms with Crippen molar-refractivity contribution in [2.45, 2.75) is 37.6 Å². The number of esters is 1. The largest absolute Gasteiger partial charge is 0.493 e. The fourth-order valence-electron chi connectivity index (χ4n) is 5.29. The minimum Gasteiger partial charge on any atom is -0.493 e. The van der Waals surface area contributed by atoms with Crippen LogP contribution in [0.4, 0.5) is 0 Å². The van der Waals surface area contributed by atoms with Gasteiger partial charge in [0.05, 0.1) is 14.2 Å². The number of ether oxygens (including phenoxy) is 3. The molecule has 2 bridgehead atoms. The van der Waals surface area contributed by atoms with Gasteiger partial charge in [-0.05, 0) is 51.1 Å². The van der Waals surface area contributed by atoms with Crippen molar-refractivity contribution in [1.29, 1.82) is 0 Å². The molecule has 0 N–H and O–H groups in total. The number of piperidine rings is 1. The van der Waals surface area contributed by atoms with Gasteiger partial charge in [-0.15, -0.1) is 0 Å². The number of hydrogen-bond acceptors (Lipinski definition) is 6. The van der Waals surface area contributed by atoms with E-state index in [1.807, 2.05) is 18.2 Å². The van der Waals surface area contributed by atoms with E-state index in [1.54, 1.807) is 21.1 Å². The van der Waals surface area contributed by atoms with Crippen LogP contribution >= 0.6 is 0 Å². The monoisotopic (exact) mass is 397 g/mol. The summed E-state index contributed by atoms with van der Waals surface area (Å²) in [7, 11) is 5.23. The van der Waals surface area contributed by atoms with Crippen LogP contribution in [0.25, 0.3) is 0 Å². The lowest BCUT2D eigenvalue weighted by atomic mass is 9.53. The molecule has 0 spiro atoms. The van der Waals surface area contributed by atoms with E-state index in [-0.39, 0.29) is 17.7 Å². The molecule has 29 heavy (non-hydrogen) atoms. The first kappa shape index (κ1) is 19.7. The summed E-state index contributed by atoms with van der Waals surface area (Å²) in [4.78, 5) is 27.7. The summed E-state index contributed by atoms with van der Waals surface area (Å²) in [6.45, 7) is 6.19. The number of likely N-dealkylation sites (N-methyl/N-ethyl adjacent to an activating group) is 1. The minimum atomic E-state index is -0.491. The fourth-order valence-corrected chi connectivity index (χ4v) is 5.29. The van der Waals surface area contributed by atoms with Gasteiger partial charge in [0.1, 0.15) is 0 Å². The zero-order valence-corrected chi connectivity index (χ0v) is 17.4. The van der Waals surface area contributed by atoms with Crippen LogP contribution in [0.5, 0.6) is 11.5 Å². The number of benzene rings is 1. The van der Waals surface area contributed by atoms with E-state index < -0.39 is 11.4 Å². The van der Waals surface area contributed by atoms with Crippen LogP contribution < -0.4 is 9.47 Å². The molecule has 1 fully saturated rings. The molecule has 4 rings (SSSR count). The van der Waals surface area contributed by atoms with Gasteiger partial charge < -0.3 is 19.1 Å². The average molecular weight is 397 g/mol. The van der Waals surface area contributed by atoms with Gasteiger partial charge in [0.25, 0.3) is 0 Å². The van der Waals surface area contributed by atoms with Gasteiger partial charge in [-0.3, -0.25) is 4.79 Å². The second-order valence-corrected chi connectivity index (χ2v) is 8.32. The maximum absolute atomic E-state index is 12.9. The van der Waals surface area contributed by atoms with Crippen LogP contribution in [0.1, 0.15) is 30.9 Å². The summed E-state index contributed by atoms with van der Waals surface area (Å²) in [5.41, 5.74) is 1.91. The molecule has 0 unspecified atom stereocenters. The normalized spacial score (nSPS) is 28.0. The number of hydrogen-bond donors (Lipinski definition) is 0. The van der Waals surface area contributed by atoms with Gasteiger partial charge in [-0.2, -0.15) is 0 Å². The van der Waals surface area contributed by atoms with Crippen molar-refractivity contribution >= 4 is 11.8 Å². The van der Waals surface area contributed by atoms with Gasteiger partial charge in [-0.1, -0.05) is 12.6 Å². The molecular formula is C23H27NO5. The molecule has 1 aliphatic heterocycles. The predicted octanol–water partition coefficient (Wildman–Crippen LogP) is 2.79. The highest BCUT2D eigenvalue weighted by Gasteiger charge is 2.56. The Morgan fingerprint density at radius 3 is 2.69 bits per heavy atom. The van der Waals surface area contributed by atoms with E-state index in [0.29, 0.717) is 29.3 Å². The van der Waals surface area contributed by atoms with Crippen LogP contribution in [0, 0.1) is 5.92 Å². The van der Waals surface area contributed by atoms with Gasteiger partial charge in [-0.25, -0.2) is 4.79 Å². The molecule has 6 nitrogen and oxygen atoms in total. The van der Waals surface area contributed by atoms with E-state index in [1.165, 1.54) is 0 Å². The van der Waals surface area contributed by atoms with E-state index in [2.05, 4.69) is 18.5 Å². The molecule has 6 heteroatoms. The fraction of sp³-hybridized carbons (Fsp3) is 0.478.